The van der Waals surface area contributed by atoms with Crippen LogP contribution in [0, 0.1) is 11.6 Å². The fourth-order valence-corrected chi connectivity index (χ4v) is 5.04. The van der Waals surface area contributed by atoms with E-state index in [2.05, 4.69) is 4.90 Å². The molecule has 2 fully saturated rings. The van der Waals surface area contributed by atoms with Gasteiger partial charge < -0.3 is 0 Å². The molecule has 0 amide bonds. The molecule has 1 heterocycles. The van der Waals surface area contributed by atoms with Crippen molar-refractivity contribution in [2.24, 2.45) is 0 Å². The molecular formula is C16H22F2N2O2S. The Hall–Kier alpha value is -1.05. The zero-order valence-corrected chi connectivity index (χ0v) is 14.0. The van der Waals surface area contributed by atoms with Crippen LogP contribution in [0.25, 0.3) is 0 Å². The molecule has 0 N–H and O–H groups in total. The number of halogens is 2. The molecule has 1 aromatic rings. The van der Waals surface area contributed by atoms with Crippen molar-refractivity contribution in [3.05, 3.63) is 35.4 Å². The van der Waals surface area contributed by atoms with Crippen LogP contribution in [0.5, 0.6) is 0 Å². The first kappa shape index (κ1) is 16.8. The molecule has 3 rings (SSSR count). The summed E-state index contributed by atoms with van der Waals surface area (Å²) in [5.74, 6) is -1.13. The summed E-state index contributed by atoms with van der Waals surface area (Å²) >= 11 is 0. The third-order valence-corrected chi connectivity index (χ3v) is 7.16. The zero-order valence-electron chi connectivity index (χ0n) is 13.2. The Labute approximate surface area is 136 Å². The van der Waals surface area contributed by atoms with E-state index in [1.165, 1.54) is 12.1 Å². The van der Waals surface area contributed by atoms with Gasteiger partial charge in [-0.3, -0.25) is 4.90 Å². The Bertz CT molecular complexity index is 648. The smallest absolute Gasteiger partial charge is 0.216 e. The van der Waals surface area contributed by atoms with Gasteiger partial charge in [-0.2, -0.15) is 0 Å². The van der Waals surface area contributed by atoms with Crippen molar-refractivity contribution in [3.8, 4) is 0 Å². The predicted molar refractivity (Wildman–Crippen MR) is 84.4 cm³/mol. The fourth-order valence-electron chi connectivity index (χ4n) is 3.21. The molecule has 0 spiro atoms. The van der Waals surface area contributed by atoms with E-state index in [0.29, 0.717) is 12.1 Å². The second-order valence-electron chi connectivity index (χ2n) is 6.55. The van der Waals surface area contributed by atoms with Gasteiger partial charge in [0.1, 0.15) is 11.6 Å². The fraction of sp³-hybridized carbons (Fsp3) is 0.625. The molecule has 0 bridgehead atoms. The van der Waals surface area contributed by atoms with Gasteiger partial charge in [-0.05, 0) is 43.4 Å². The predicted octanol–water partition coefficient (Wildman–Crippen LogP) is 2.35. The molecule has 1 saturated heterocycles. The van der Waals surface area contributed by atoms with E-state index in [-0.39, 0.29) is 11.3 Å². The van der Waals surface area contributed by atoms with Gasteiger partial charge >= 0.3 is 0 Å². The van der Waals surface area contributed by atoms with Crippen LogP contribution in [0.2, 0.25) is 0 Å². The number of hydrogen-bond donors (Lipinski definition) is 0. The first-order valence-electron chi connectivity index (χ1n) is 8.00. The summed E-state index contributed by atoms with van der Waals surface area (Å²) in [6.45, 7) is 1.95. The molecule has 1 saturated carbocycles. The lowest BCUT2D eigenvalue weighted by atomic mass is 10.0. The number of hydrogen-bond acceptors (Lipinski definition) is 3. The van der Waals surface area contributed by atoms with Crippen molar-refractivity contribution in [3.63, 3.8) is 0 Å². The maximum Gasteiger partial charge on any atom is 0.216 e. The Morgan fingerprint density at radius 1 is 1.09 bits per heavy atom. The molecule has 1 aromatic carbocycles. The van der Waals surface area contributed by atoms with Crippen LogP contribution >= 0.6 is 0 Å². The molecule has 4 nitrogen and oxygen atoms in total. The van der Waals surface area contributed by atoms with Crippen molar-refractivity contribution >= 4 is 10.0 Å². The summed E-state index contributed by atoms with van der Waals surface area (Å²) < 4.78 is 52.5. The third kappa shape index (κ3) is 3.89. The van der Waals surface area contributed by atoms with Crippen LogP contribution in [0.3, 0.4) is 0 Å². The van der Waals surface area contributed by atoms with E-state index >= 15 is 0 Å². The highest BCUT2D eigenvalue weighted by Crippen LogP contribution is 2.32. The van der Waals surface area contributed by atoms with E-state index < -0.39 is 21.7 Å². The van der Waals surface area contributed by atoms with Gasteiger partial charge in [0.15, 0.2) is 0 Å². The van der Waals surface area contributed by atoms with E-state index in [1.54, 1.807) is 11.4 Å². The quantitative estimate of drug-likeness (QED) is 0.823. The first-order chi connectivity index (χ1) is 10.9. The van der Waals surface area contributed by atoms with Crippen LogP contribution in [-0.2, 0) is 16.6 Å². The highest BCUT2D eigenvalue weighted by molar-refractivity contribution is 7.90. The maximum atomic E-state index is 13.2. The van der Waals surface area contributed by atoms with Crippen molar-refractivity contribution in [1.29, 1.82) is 0 Å². The number of sulfonamides is 1. The number of nitrogens with zero attached hydrogens (tertiary/aromatic N) is 2. The van der Waals surface area contributed by atoms with E-state index in [0.717, 1.165) is 44.8 Å². The minimum atomic E-state index is -3.14. The largest absolute Gasteiger partial charge is 0.299 e. The van der Waals surface area contributed by atoms with Gasteiger partial charge in [0.05, 0.1) is 5.25 Å². The van der Waals surface area contributed by atoms with Crippen LogP contribution < -0.4 is 0 Å². The summed E-state index contributed by atoms with van der Waals surface area (Å²) in [5.41, 5.74) is 0.611. The Morgan fingerprint density at radius 3 is 2.17 bits per heavy atom. The van der Waals surface area contributed by atoms with Gasteiger partial charge in [-0.1, -0.05) is 0 Å². The van der Waals surface area contributed by atoms with Gasteiger partial charge in [0.2, 0.25) is 10.0 Å². The molecular weight excluding hydrogens is 322 g/mol. The highest BCUT2D eigenvalue weighted by atomic mass is 32.2. The van der Waals surface area contributed by atoms with Gasteiger partial charge in [0, 0.05) is 38.8 Å². The standard InChI is InChI=1S/C16H22F2N2O2S/c1-19(23(21,22)16-2-3-16)15-4-6-20(7-5-15)11-12-8-13(17)10-14(18)9-12/h8-10,15-16H,2-7,11H2,1H3. The van der Waals surface area contributed by atoms with Gasteiger partial charge in [-0.15, -0.1) is 0 Å². The number of piperidine rings is 1. The molecule has 1 aliphatic carbocycles. The zero-order chi connectivity index (χ0) is 16.6. The molecule has 0 unspecified atom stereocenters. The summed E-state index contributed by atoms with van der Waals surface area (Å²) in [6.07, 6.45) is 3.05. The van der Waals surface area contributed by atoms with Crippen molar-refractivity contribution in [2.75, 3.05) is 20.1 Å². The molecule has 128 valence electrons. The molecule has 2 aliphatic rings. The Kier molecular flexibility index (Phi) is 4.71. The second kappa shape index (κ2) is 6.45. The third-order valence-electron chi connectivity index (χ3n) is 4.75. The molecule has 23 heavy (non-hydrogen) atoms. The minimum Gasteiger partial charge on any atom is -0.299 e. The highest BCUT2D eigenvalue weighted by Gasteiger charge is 2.41. The lowest BCUT2D eigenvalue weighted by Crippen LogP contribution is -2.46. The van der Waals surface area contributed by atoms with E-state index in [1.807, 2.05) is 0 Å². The van der Waals surface area contributed by atoms with Crippen molar-refractivity contribution in [1.82, 2.24) is 9.21 Å². The Balaban J connectivity index is 1.56. The minimum absolute atomic E-state index is 0.0288. The topological polar surface area (TPSA) is 40.6 Å². The number of benzene rings is 1. The normalized spacial score (nSPS) is 21.0. The average molecular weight is 344 g/mol. The number of rotatable bonds is 5. The molecule has 7 heteroatoms. The summed E-state index contributed by atoms with van der Waals surface area (Å²) in [4.78, 5) is 2.11. The lowest BCUT2D eigenvalue weighted by Gasteiger charge is -2.36. The number of likely N-dealkylation sites (tertiary alicyclic amines) is 1. The van der Waals surface area contributed by atoms with E-state index in [9.17, 15) is 17.2 Å². The molecule has 0 radical (unpaired) electrons. The van der Waals surface area contributed by atoms with Crippen LogP contribution in [0.4, 0.5) is 8.78 Å². The van der Waals surface area contributed by atoms with Crippen molar-refractivity contribution in [2.45, 2.75) is 43.5 Å². The lowest BCUT2D eigenvalue weighted by molar-refractivity contribution is 0.163. The maximum absolute atomic E-state index is 13.2. The summed E-state index contributed by atoms with van der Waals surface area (Å²) in [6, 6.07) is 3.59. The summed E-state index contributed by atoms with van der Waals surface area (Å²) in [5, 5.41) is -0.180. The van der Waals surface area contributed by atoms with Crippen LogP contribution in [-0.4, -0.2) is 49.1 Å². The van der Waals surface area contributed by atoms with E-state index in [4.69, 9.17) is 0 Å². The Morgan fingerprint density at radius 2 is 1.65 bits per heavy atom. The summed E-state index contributed by atoms with van der Waals surface area (Å²) in [7, 11) is -1.46. The van der Waals surface area contributed by atoms with Gasteiger partial charge in [0.25, 0.3) is 0 Å². The monoisotopic (exact) mass is 344 g/mol. The second-order valence-corrected chi connectivity index (χ2v) is 8.82. The van der Waals surface area contributed by atoms with Gasteiger partial charge in [-0.25, -0.2) is 21.5 Å². The molecule has 0 atom stereocenters. The van der Waals surface area contributed by atoms with Crippen LogP contribution in [0.1, 0.15) is 31.2 Å². The SMILES string of the molecule is CN(C1CCN(Cc2cc(F)cc(F)c2)CC1)S(=O)(=O)C1CC1. The average Bonchev–Trinajstić information content (AvgIpc) is 3.31. The van der Waals surface area contributed by atoms with Crippen molar-refractivity contribution < 1.29 is 17.2 Å². The first-order valence-corrected chi connectivity index (χ1v) is 9.51. The molecule has 1 aliphatic heterocycles. The van der Waals surface area contributed by atoms with Crippen LogP contribution in [0.15, 0.2) is 18.2 Å². The molecule has 0 aromatic heterocycles.